The Morgan fingerprint density at radius 2 is 1.69 bits per heavy atom. The van der Waals surface area contributed by atoms with Gasteiger partial charge >= 0.3 is 0 Å². The quantitative estimate of drug-likeness (QED) is 0.777. The number of carbonyl (C=O) groups excluding carboxylic acids is 2. The van der Waals surface area contributed by atoms with Crippen molar-refractivity contribution in [3.63, 3.8) is 0 Å². The first-order chi connectivity index (χ1) is 13.8. The number of carbonyl (C=O) groups is 2. The van der Waals surface area contributed by atoms with Crippen LogP contribution in [0.2, 0.25) is 0 Å². The Balaban J connectivity index is 1.69. The smallest absolute Gasteiger partial charge is 0.253 e. The minimum atomic E-state index is -3.77. The second-order valence-corrected chi connectivity index (χ2v) is 8.98. The van der Waals surface area contributed by atoms with Crippen molar-refractivity contribution >= 4 is 21.8 Å². The zero-order valence-corrected chi connectivity index (χ0v) is 17.4. The summed E-state index contributed by atoms with van der Waals surface area (Å²) < 4.78 is 26.5. The number of sulfonamides is 1. The topological polar surface area (TPSA) is 86.8 Å². The molecule has 7 nitrogen and oxygen atoms in total. The molecule has 1 heterocycles. The Hall–Kier alpha value is -2.71. The summed E-state index contributed by atoms with van der Waals surface area (Å²) in [5.74, 6) is -0.508. The van der Waals surface area contributed by atoms with E-state index in [2.05, 4.69) is 12.2 Å². The van der Waals surface area contributed by atoms with Gasteiger partial charge in [-0.1, -0.05) is 31.2 Å². The predicted octanol–water partition coefficient (Wildman–Crippen LogP) is 1.64. The molecule has 1 N–H and O–H groups in total. The molecule has 0 bridgehead atoms. The summed E-state index contributed by atoms with van der Waals surface area (Å²) >= 11 is 0. The molecule has 3 rings (SSSR count). The summed E-state index contributed by atoms with van der Waals surface area (Å²) in [5.41, 5.74) is 2.68. The van der Waals surface area contributed by atoms with Gasteiger partial charge in [0, 0.05) is 32.2 Å². The molecule has 1 saturated heterocycles. The lowest BCUT2D eigenvalue weighted by Gasteiger charge is -2.26. The maximum absolute atomic E-state index is 12.7. The number of benzene rings is 2. The van der Waals surface area contributed by atoms with Crippen LogP contribution in [0.1, 0.15) is 28.4 Å². The van der Waals surface area contributed by atoms with Crippen LogP contribution in [-0.2, 0) is 27.8 Å². The molecule has 1 fully saturated rings. The van der Waals surface area contributed by atoms with E-state index in [0.717, 1.165) is 16.3 Å². The Labute approximate surface area is 171 Å². The van der Waals surface area contributed by atoms with Crippen LogP contribution in [0, 0.1) is 0 Å². The van der Waals surface area contributed by atoms with E-state index in [0.29, 0.717) is 18.7 Å². The Kier molecular flexibility index (Phi) is 6.34. The van der Waals surface area contributed by atoms with E-state index in [1.165, 1.54) is 29.8 Å². The normalized spacial score (nSPS) is 15.0. The fourth-order valence-electron chi connectivity index (χ4n) is 3.19. The van der Waals surface area contributed by atoms with Crippen LogP contribution in [0.25, 0.3) is 0 Å². The molecule has 0 aromatic heterocycles. The highest BCUT2D eigenvalue weighted by atomic mass is 32.2. The van der Waals surface area contributed by atoms with Gasteiger partial charge in [-0.25, -0.2) is 8.42 Å². The molecule has 0 spiro atoms. The molecule has 0 atom stereocenters. The van der Waals surface area contributed by atoms with Gasteiger partial charge in [0.05, 0.1) is 11.4 Å². The number of piperazine rings is 1. The first-order valence-corrected chi connectivity index (χ1v) is 11.0. The highest BCUT2D eigenvalue weighted by molar-refractivity contribution is 7.89. The average Bonchev–Trinajstić information content (AvgIpc) is 2.74. The van der Waals surface area contributed by atoms with Gasteiger partial charge in [-0.2, -0.15) is 4.31 Å². The fourth-order valence-corrected chi connectivity index (χ4v) is 4.58. The molecule has 0 radical (unpaired) electrons. The third kappa shape index (κ3) is 4.83. The number of rotatable bonds is 6. The van der Waals surface area contributed by atoms with Crippen molar-refractivity contribution in [3.05, 3.63) is 65.2 Å². The van der Waals surface area contributed by atoms with E-state index in [1.54, 1.807) is 11.9 Å². The maximum atomic E-state index is 12.7. The van der Waals surface area contributed by atoms with Gasteiger partial charge in [0.2, 0.25) is 15.9 Å². The van der Waals surface area contributed by atoms with Crippen molar-refractivity contribution in [1.82, 2.24) is 14.5 Å². The number of hydrogen-bond donors (Lipinski definition) is 1. The van der Waals surface area contributed by atoms with Crippen LogP contribution < -0.4 is 5.32 Å². The van der Waals surface area contributed by atoms with Gasteiger partial charge in [0.25, 0.3) is 5.91 Å². The summed E-state index contributed by atoms with van der Waals surface area (Å²) in [5, 5.41) is 2.60. The molecule has 0 unspecified atom stereocenters. The number of nitrogens with one attached hydrogen (secondary N) is 1. The molecular weight excluding hydrogens is 390 g/mol. The number of hydrogen-bond acceptors (Lipinski definition) is 4. The van der Waals surface area contributed by atoms with Crippen LogP contribution >= 0.6 is 0 Å². The minimum absolute atomic E-state index is 0.0709. The van der Waals surface area contributed by atoms with Crippen LogP contribution in [0.3, 0.4) is 0 Å². The number of aryl methyl sites for hydroxylation is 1. The summed E-state index contributed by atoms with van der Waals surface area (Å²) in [4.78, 5) is 25.8. The van der Waals surface area contributed by atoms with Crippen LogP contribution in [0.15, 0.2) is 53.4 Å². The molecule has 1 aliphatic heterocycles. The lowest BCUT2D eigenvalue weighted by molar-refractivity contribution is -0.122. The molecule has 1 aliphatic rings. The molecule has 0 saturated carbocycles. The second kappa shape index (κ2) is 8.75. The molecule has 8 heteroatoms. The van der Waals surface area contributed by atoms with E-state index in [1.807, 2.05) is 24.3 Å². The third-order valence-electron chi connectivity index (χ3n) is 4.94. The van der Waals surface area contributed by atoms with E-state index in [9.17, 15) is 18.0 Å². The fraction of sp³-hybridized carbons (Fsp3) is 0.333. The molecule has 2 aromatic rings. The van der Waals surface area contributed by atoms with E-state index in [-0.39, 0.29) is 29.8 Å². The first-order valence-electron chi connectivity index (χ1n) is 9.51. The second-order valence-electron chi connectivity index (χ2n) is 7.04. The largest absolute Gasteiger partial charge is 0.354 e. The molecular formula is C21H25N3O4S. The summed E-state index contributed by atoms with van der Waals surface area (Å²) in [6.07, 6.45) is 0.965. The van der Waals surface area contributed by atoms with Crippen molar-refractivity contribution < 1.29 is 18.0 Å². The van der Waals surface area contributed by atoms with Crippen LogP contribution in [0.5, 0.6) is 0 Å². The molecule has 0 aliphatic carbocycles. The van der Waals surface area contributed by atoms with E-state index in [4.69, 9.17) is 0 Å². The van der Waals surface area contributed by atoms with Crippen molar-refractivity contribution in [2.45, 2.75) is 24.8 Å². The standard InChI is InChI=1S/C21H25N3O4S/c1-3-16-4-6-17(7-5-16)14-23(2)21(26)18-8-10-19(11-9-18)29(27,28)24-13-12-22-20(25)15-24/h4-11H,3,12-15H2,1-2H3,(H,22,25). The lowest BCUT2D eigenvalue weighted by Crippen LogP contribution is -2.49. The van der Waals surface area contributed by atoms with Gasteiger partial charge in [-0.3, -0.25) is 9.59 Å². The van der Waals surface area contributed by atoms with Crippen LogP contribution in [-0.4, -0.2) is 56.1 Å². The summed E-state index contributed by atoms with van der Waals surface area (Å²) in [6, 6.07) is 14.0. The van der Waals surface area contributed by atoms with Gasteiger partial charge in [-0.15, -0.1) is 0 Å². The van der Waals surface area contributed by atoms with Crippen molar-refractivity contribution in [2.75, 3.05) is 26.7 Å². The zero-order valence-electron chi connectivity index (χ0n) is 16.6. The molecule has 2 aromatic carbocycles. The predicted molar refractivity (Wildman–Crippen MR) is 110 cm³/mol. The van der Waals surface area contributed by atoms with Crippen molar-refractivity contribution in [3.8, 4) is 0 Å². The van der Waals surface area contributed by atoms with E-state index < -0.39 is 10.0 Å². The lowest BCUT2D eigenvalue weighted by atomic mass is 10.1. The minimum Gasteiger partial charge on any atom is -0.354 e. The Morgan fingerprint density at radius 3 is 2.28 bits per heavy atom. The van der Waals surface area contributed by atoms with Crippen molar-refractivity contribution in [2.24, 2.45) is 0 Å². The maximum Gasteiger partial charge on any atom is 0.253 e. The van der Waals surface area contributed by atoms with Crippen molar-refractivity contribution in [1.29, 1.82) is 0 Å². The third-order valence-corrected chi connectivity index (χ3v) is 6.80. The molecule has 154 valence electrons. The molecule has 29 heavy (non-hydrogen) atoms. The summed E-state index contributed by atoms with van der Waals surface area (Å²) in [7, 11) is -2.05. The Bertz CT molecular complexity index is 986. The highest BCUT2D eigenvalue weighted by Crippen LogP contribution is 2.18. The highest BCUT2D eigenvalue weighted by Gasteiger charge is 2.29. The molecule has 2 amide bonds. The van der Waals surface area contributed by atoms with Crippen LogP contribution in [0.4, 0.5) is 0 Å². The van der Waals surface area contributed by atoms with E-state index >= 15 is 0 Å². The van der Waals surface area contributed by atoms with Gasteiger partial charge in [0.15, 0.2) is 0 Å². The van der Waals surface area contributed by atoms with Gasteiger partial charge < -0.3 is 10.2 Å². The monoisotopic (exact) mass is 415 g/mol. The van der Waals surface area contributed by atoms with Gasteiger partial charge in [0.1, 0.15) is 0 Å². The Morgan fingerprint density at radius 1 is 1.07 bits per heavy atom. The SMILES string of the molecule is CCc1ccc(CN(C)C(=O)c2ccc(S(=O)(=O)N3CCNC(=O)C3)cc2)cc1. The average molecular weight is 416 g/mol. The number of nitrogens with zero attached hydrogens (tertiary/aromatic N) is 2. The van der Waals surface area contributed by atoms with Gasteiger partial charge in [-0.05, 0) is 41.8 Å². The summed E-state index contributed by atoms with van der Waals surface area (Å²) in [6.45, 7) is 2.88. The number of amides is 2. The first kappa shape index (κ1) is 21.0. The zero-order chi connectivity index (χ0) is 21.0.